The number of hydrogen-bond donors (Lipinski definition) is 1. The highest BCUT2D eigenvalue weighted by molar-refractivity contribution is 7.15. The van der Waals surface area contributed by atoms with Crippen LogP contribution >= 0.6 is 11.3 Å². The van der Waals surface area contributed by atoms with Crippen LogP contribution in [-0.2, 0) is 4.79 Å². The van der Waals surface area contributed by atoms with E-state index in [4.69, 9.17) is 0 Å². The van der Waals surface area contributed by atoms with Gasteiger partial charge >= 0.3 is 0 Å². The summed E-state index contributed by atoms with van der Waals surface area (Å²) in [7, 11) is 0. The van der Waals surface area contributed by atoms with E-state index in [1.165, 1.54) is 16.9 Å². The molecule has 1 amide bonds. The molecule has 2 aromatic rings. The third-order valence-electron chi connectivity index (χ3n) is 5.02. The van der Waals surface area contributed by atoms with E-state index in [0.717, 1.165) is 42.3 Å². The minimum absolute atomic E-state index is 0.163. The third kappa shape index (κ3) is 4.21. The number of carbonyl (C=O) groups is 1. The molecule has 0 radical (unpaired) electrons. The highest BCUT2D eigenvalue weighted by atomic mass is 32.1. The number of benzene rings is 1. The number of nitrogens with zero attached hydrogens (tertiary/aromatic N) is 2. The predicted octanol–water partition coefficient (Wildman–Crippen LogP) is 4.28. The first-order chi connectivity index (χ1) is 12.1. The first-order valence-corrected chi connectivity index (χ1v) is 9.90. The summed E-state index contributed by atoms with van der Waals surface area (Å²) >= 11 is 1.66. The number of hydrogen-bond acceptors (Lipinski definition) is 4. The molecule has 1 fully saturated rings. The molecule has 0 bridgehead atoms. The molecule has 1 aromatic carbocycles. The van der Waals surface area contributed by atoms with E-state index in [0.29, 0.717) is 6.54 Å². The predicted molar refractivity (Wildman–Crippen MR) is 104 cm³/mol. The summed E-state index contributed by atoms with van der Waals surface area (Å²) in [5, 5.41) is 4.31. The average Bonchev–Trinajstić information content (AvgIpc) is 2.95. The maximum Gasteiger partial charge on any atom is 0.231 e. The Morgan fingerprint density at radius 3 is 2.56 bits per heavy atom. The Bertz CT molecular complexity index is 715. The molecule has 0 spiro atoms. The number of likely N-dealkylation sites (tertiary alicyclic amines) is 1. The van der Waals surface area contributed by atoms with Gasteiger partial charge in [-0.2, -0.15) is 0 Å². The fourth-order valence-corrected chi connectivity index (χ4v) is 4.20. The van der Waals surface area contributed by atoms with E-state index in [-0.39, 0.29) is 11.8 Å². The lowest BCUT2D eigenvalue weighted by Crippen LogP contribution is -2.41. The number of thiazole rings is 1. The lowest BCUT2D eigenvalue weighted by molar-refractivity contribution is -0.133. The number of carbonyl (C=O) groups excluding carboxylic acids is 1. The molecule has 1 aliphatic rings. The summed E-state index contributed by atoms with van der Waals surface area (Å²) in [4.78, 5) is 21.0. The van der Waals surface area contributed by atoms with Gasteiger partial charge in [0.05, 0.1) is 11.6 Å². The van der Waals surface area contributed by atoms with Gasteiger partial charge in [0.15, 0.2) is 5.13 Å². The molecular weight excluding hydrogens is 330 g/mol. The van der Waals surface area contributed by atoms with Crippen molar-refractivity contribution in [1.82, 2.24) is 9.88 Å². The van der Waals surface area contributed by atoms with Gasteiger partial charge in [-0.05, 0) is 51.2 Å². The van der Waals surface area contributed by atoms with Gasteiger partial charge in [-0.3, -0.25) is 4.79 Å². The van der Waals surface area contributed by atoms with Gasteiger partial charge in [-0.15, -0.1) is 11.3 Å². The summed E-state index contributed by atoms with van der Waals surface area (Å²) < 4.78 is 0. The van der Waals surface area contributed by atoms with E-state index in [1.807, 2.05) is 24.0 Å². The number of aryl methyl sites for hydroxylation is 3. The lowest BCUT2D eigenvalue weighted by atomic mass is 9.92. The fourth-order valence-electron chi connectivity index (χ4n) is 3.38. The Hall–Kier alpha value is -1.88. The van der Waals surface area contributed by atoms with Crippen molar-refractivity contribution < 1.29 is 4.79 Å². The quantitative estimate of drug-likeness (QED) is 0.869. The number of aromatic nitrogens is 1. The highest BCUT2D eigenvalue weighted by Crippen LogP contribution is 2.26. The molecule has 1 aliphatic heterocycles. The molecule has 134 valence electrons. The molecule has 1 atom stereocenters. The van der Waals surface area contributed by atoms with Crippen molar-refractivity contribution in [2.75, 3.05) is 25.0 Å². The maximum atomic E-state index is 13.2. The molecule has 2 heterocycles. The van der Waals surface area contributed by atoms with Gasteiger partial charge < -0.3 is 10.2 Å². The van der Waals surface area contributed by atoms with Crippen molar-refractivity contribution in [3.63, 3.8) is 0 Å². The Morgan fingerprint density at radius 2 is 1.92 bits per heavy atom. The molecular formula is C20H27N3OS. The zero-order valence-corrected chi connectivity index (χ0v) is 16.2. The van der Waals surface area contributed by atoms with Crippen molar-refractivity contribution in [1.29, 1.82) is 0 Å². The molecule has 0 aliphatic carbocycles. The van der Waals surface area contributed by atoms with Crippen LogP contribution in [0.3, 0.4) is 0 Å². The number of piperidine rings is 1. The molecule has 1 saturated heterocycles. The van der Waals surface area contributed by atoms with Crippen molar-refractivity contribution >= 4 is 22.4 Å². The Morgan fingerprint density at radius 1 is 1.20 bits per heavy atom. The highest BCUT2D eigenvalue weighted by Gasteiger charge is 2.28. The van der Waals surface area contributed by atoms with Crippen molar-refractivity contribution in [2.45, 2.75) is 46.0 Å². The first kappa shape index (κ1) is 17.9. The summed E-state index contributed by atoms with van der Waals surface area (Å²) in [6.45, 7) is 8.55. The van der Waals surface area contributed by atoms with Gasteiger partial charge in [0.1, 0.15) is 0 Å². The number of rotatable bonds is 5. The Kier molecular flexibility index (Phi) is 5.74. The molecule has 25 heavy (non-hydrogen) atoms. The zero-order chi connectivity index (χ0) is 17.8. The first-order valence-electron chi connectivity index (χ1n) is 9.08. The van der Waals surface area contributed by atoms with E-state index >= 15 is 0 Å². The Labute approximate surface area is 154 Å². The summed E-state index contributed by atoms with van der Waals surface area (Å²) in [6.07, 6.45) is 3.46. The molecule has 1 N–H and O–H groups in total. The standard InChI is InChI=1S/C20H27N3OS/c1-14-9-5-6-10-17(14)18(19(24)23-11-7-4-8-12-23)13-21-20-22-15(2)16(3)25-20/h5-6,9-10,18H,4,7-8,11-13H2,1-3H3,(H,21,22). The zero-order valence-electron chi connectivity index (χ0n) is 15.3. The normalized spacial score (nSPS) is 15.9. The van der Waals surface area contributed by atoms with Gasteiger partial charge in [0.2, 0.25) is 5.91 Å². The molecule has 1 aromatic heterocycles. The maximum absolute atomic E-state index is 13.2. The van der Waals surface area contributed by atoms with Crippen molar-refractivity contribution in [2.24, 2.45) is 0 Å². The summed E-state index contributed by atoms with van der Waals surface area (Å²) in [5.41, 5.74) is 3.35. The topological polar surface area (TPSA) is 45.2 Å². The van der Waals surface area contributed by atoms with Crippen LogP contribution in [0, 0.1) is 20.8 Å². The van der Waals surface area contributed by atoms with Gasteiger partial charge in [-0.1, -0.05) is 24.3 Å². The van der Waals surface area contributed by atoms with Crippen LogP contribution in [-0.4, -0.2) is 35.4 Å². The molecule has 4 nitrogen and oxygen atoms in total. The number of nitrogens with one attached hydrogen (secondary N) is 1. The van der Waals surface area contributed by atoms with Crippen molar-refractivity contribution in [3.8, 4) is 0 Å². The molecule has 1 unspecified atom stereocenters. The average molecular weight is 358 g/mol. The second kappa shape index (κ2) is 8.00. The molecule has 3 rings (SSSR count). The molecule has 5 heteroatoms. The number of amides is 1. The van der Waals surface area contributed by atoms with Gasteiger partial charge in [0, 0.05) is 24.5 Å². The summed E-state index contributed by atoms with van der Waals surface area (Å²) in [6, 6.07) is 8.23. The van der Waals surface area contributed by atoms with Crippen LogP contribution in [0.25, 0.3) is 0 Å². The summed E-state index contributed by atoms with van der Waals surface area (Å²) in [5.74, 6) is 0.0790. The van der Waals surface area contributed by atoms with E-state index < -0.39 is 0 Å². The second-order valence-electron chi connectivity index (χ2n) is 6.84. The fraction of sp³-hybridized carbons (Fsp3) is 0.500. The van der Waals surface area contributed by atoms with E-state index in [2.05, 4.69) is 36.3 Å². The second-order valence-corrected chi connectivity index (χ2v) is 8.04. The lowest BCUT2D eigenvalue weighted by Gasteiger charge is -2.31. The third-order valence-corrected chi connectivity index (χ3v) is 6.05. The van der Waals surface area contributed by atoms with Crippen molar-refractivity contribution in [3.05, 3.63) is 46.0 Å². The van der Waals surface area contributed by atoms with Crippen LogP contribution in [0.2, 0.25) is 0 Å². The van der Waals surface area contributed by atoms with Gasteiger partial charge in [0.25, 0.3) is 0 Å². The van der Waals surface area contributed by atoms with Crippen LogP contribution in [0.4, 0.5) is 5.13 Å². The van der Waals surface area contributed by atoms with Crippen LogP contribution in [0.1, 0.15) is 46.9 Å². The van der Waals surface area contributed by atoms with E-state index in [1.54, 1.807) is 11.3 Å². The van der Waals surface area contributed by atoms with Crippen LogP contribution in [0.15, 0.2) is 24.3 Å². The van der Waals surface area contributed by atoms with Crippen LogP contribution < -0.4 is 5.32 Å². The van der Waals surface area contributed by atoms with E-state index in [9.17, 15) is 4.79 Å². The minimum Gasteiger partial charge on any atom is -0.360 e. The smallest absolute Gasteiger partial charge is 0.231 e. The Balaban J connectivity index is 1.80. The SMILES string of the molecule is Cc1ccccc1C(CNc1nc(C)c(C)s1)C(=O)N1CCCCC1. The van der Waals surface area contributed by atoms with Gasteiger partial charge in [-0.25, -0.2) is 4.98 Å². The monoisotopic (exact) mass is 357 g/mol. The largest absolute Gasteiger partial charge is 0.360 e. The minimum atomic E-state index is -0.163. The van der Waals surface area contributed by atoms with Crippen LogP contribution in [0.5, 0.6) is 0 Å². The molecule has 0 saturated carbocycles. The number of anilines is 1.